The Morgan fingerprint density at radius 1 is 1.39 bits per heavy atom. The normalized spacial score (nSPS) is 14.2. The fourth-order valence-electron chi connectivity index (χ4n) is 1.75. The number of aliphatic hydroxyl groups is 1. The fraction of sp³-hybridized carbons (Fsp3) is 0.846. The lowest BCUT2D eigenvalue weighted by Crippen LogP contribution is -2.33. The second kappa shape index (κ2) is 6.29. The van der Waals surface area contributed by atoms with E-state index in [1.807, 2.05) is 10.9 Å². The first kappa shape index (κ1) is 15.1. The smallest absolute Gasteiger partial charge is 0.0965 e. The molecule has 1 rings (SSSR count). The van der Waals surface area contributed by atoms with E-state index in [2.05, 4.69) is 50.2 Å². The van der Waals surface area contributed by atoms with Gasteiger partial charge in [-0.2, -0.15) is 0 Å². The SMILES string of the molecule is CC(C)CC(CO)NCc1cn(C(C)(C)C)nn1. The standard InChI is InChI=1S/C13H26N4O/c1-10(2)6-11(9-18)14-7-12-8-17(16-15-12)13(3,4)5/h8,10-11,14,18H,6-7,9H2,1-5H3. The van der Waals surface area contributed by atoms with Gasteiger partial charge < -0.3 is 10.4 Å². The summed E-state index contributed by atoms with van der Waals surface area (Å²) in [5.41, 5.74) is 0.867. The molecule has 0 saturated heterocycles. The van der Waals surface area contributed by atoms with Gasteiger partial charge in [0.15, 0.2) is 0 Å². The Labute approximate surface area is 110 Å². The van der Waals surface area contributed by atoms with Gasteiger partial charge in [-0.1, -0.05) is 19.1 Å². The summed E-state index contributed by atoms with van der Waals surface area (Å²) in [4.78, 5) is 0. The molecule has 1 unspecified atom stereocenters. The third-order valence-electron chi connectivity index (χ3n) is 2.78. The first-order valence-electron chi connectivity index (χ1n) is 6.59. The zero-order valence-corrected chi connectivity index (χ0v) is 12.1. The summed E-state index contributed by atoms with van der Waals surface area (Å²) in [6.45, 7) is 11.4. The van der Waals surface area contributed by atoms with Crippen molar-refractivity contribution in [2.45, 2.75) is 59.2 Å². The zero-order chi connectivity index (χ0) is 13.8. The lowest BCUT2D eigenvalue weighted by atomic mass is 10.0. The van der Waals surface area contributed by atoms with Crippen molar-refractivity contribution in [3.05, 3.63) is 11.9 Å². The maximum atomic E-state index is 9.28. The molecule has 0 aliphatic carbocycles. The maximum absolute atomic E-state index is 9.28. The van der Waals surface area contributed by atoms with Crippen molar-refractivity contribution in [1.29, 1.82) is 0 Å². The Morgan fingerprint density at radius 3 is 2.50 bits per heavy atom. The number of rotatable bonds is 6. The molecule has 5 heteroatoms. The molecule has 1 atom stereocenters. The van der Waals surface area contributed by atoms with Crippen LogP contribution < -0.4 is 5.32 Å². The van der Waals surface area contributed by atoms with Crippen molar-refractivity contribution in [3.8, 4) is 0 Å². The first-order valence-corrected chi connectivity index (χ1v) is 6.59. The van der Waals surface area contributed by atoms with E-state index in [1.54, 1.807) is 0 Å². The van der Waals surface area contributed by atoms with Crippen molar-refractivity contribution in [2.24, 2.45) is 5.92 Å². The molecule has 0 bridgehead atoms. The predicted octanol–water partition coefficient (Wildman–Crippen LogP) is 1.53. The molecule has 0 fully saturated rings. The van der Waals surface area contributed by atoms with Crippen LogP contribution in [0.4, 0.5) is 0 Å². The van der Waals surface area contributed by atoms with Gasteiger partial charge in [0.2, 0.25) is 0 Å². The molecule has 2 N–H and O–H groups in total. The molecule has 5 nitrogen and oxygen atoms in total. The molecule has 0 aliphatic heterocycles. The topological polar surface area (TPSA) is 63.0 Å². The summed E-state index contributed by atoms with van der Waals surface area (Å²) in [6, 6.07) is 0.129. The van der Waals surface area contributed by atoms with Gasteiger partial charge in [-0.25, -0.2) is 4.68 Å². The van der Waals surface area contributed by atoms with Crippen LogP contribution in [-0.4, -0.2) is 32.7 Å². The van der Waals surface area contributed by atoms with Crippen molar-refractivity contribution in [3.63, 3.8) is 0 Å². The Kier molecular flexibility index (Phi) is 5.28. The number of nitrogens with one attached hydrogen (secondary N) is 1. The Morgan fingerprint density at radius 2 is 2.06 bits per heavy atom. The van der Waals surface area contributed by atoms with E-state index in [-0.39, 0.29) is 18.2 Å². The molecule has 1 heterocycles. The number of aromatic nitrogens is 3. The van der Waals surface area contributed by atoms with Gasteiger partial charge in [-0.3, -0.25) is 0 Å². The first-order chi connectivity index (χ1) is 8.32. The molecule has 18 heavy (non-hydrogen) atoms. The quantitative estimate of drug-likeness (QED) is 0.808. The predicted molar refractivity (Wildman–Crippen MR) is 72.2 cm³/mol. The highest BCUT2D eigenvalue weighted by Crippen LogP contribution is 2.12. The number of nitrogens with zero attached hydrogens (tertiary/aromatic N) is 3. The zero-order valence-electron chi connectivity index (χ0n) is 12.1. The van der Waals surface area contributed by atoms with Crippen LogP contribution >= 0.6 is 0 Å². The van der Waals surface area contributed by atoms with Gasteiger partial charge in [-0.05, 0) is 33.1 Å². The van der Waals surface area contributed by atoms with Crippen molar-refractivity contribution >= 4 is 0 Å². The van der Waals surface area contributed by atoms with Crippen molar-refractivity contribution < 1.29 is 5.11 Å². The monoisotopic (exact) mass is 254 g/mol. The Hall–Kier alpha value is -0.940. The summed E-state index contributed by atoms with van der Waals surface area (Å²) < 4.78 is 1.86. The van der Waals surface area contributed by atoms with Crippen LogP contribution in [0.25, 0.3) is 0 Å². The minimum Gasteiger partial charge on any atom is -0.395 e. The van der Waals surface area contributed by atoms with Gasteiger partial charge >= 0.3 is 0 Å². The van der Waals surface area contributed by atoms with Crippen LogP contribution in [-0.2, 0) is 12.1 Å². The Bertz CT molecular complexity index is 354. The average Bonchev–Trinajstić information content (AvgIpc) is 2.71. The number of aliphatic hydroxyl groups excluding tert-OH is 1. The van der Waals surface area contributed by atoms with E-state index in [9.17, 15) is 5.11 Å². The van der Waals surface area contributed by atoms with E-state index in [4.69, 9.17) is 0 Å². The molecule has 0 amide bonds. The molecular formula is C13H26N4O. The van der Waals surface area contributed by atoms with Crippen LogP contribution in [0.3, 0.4) is 0 Å². The highest BCUT2D eigenvalue weighted by atomic mass is 16.3. The van der Waals surface area contributed by atoms with Crippen LogP contribution in [0.1, 0.15) is 46.7 Å². The van der Waals surface area contributed by atoms with Crippen molar-refractivity contribution in [2.75, 3.05) is 6.61 Å². The second-order valence-electron chi connectivity index (χ2n) is 6.22. The minimum absolute atomic E-state index is 0.0421. The van der Waals surface area contributed by atoms with Gasteiger partial charge in [-0.15, -0.1) is 5.10 Å². The maximum Gasteiger partial charge on any atom is 0.0965 e. The average molecular weight is 254 g/mol. The molecule has 104 valence electrons. The van der Waals surface area contributed by atoms with Gasteiger partial charge in [0.1, 0.15) is 0 Å². The van der Waals surface area contributed by atoms with Crippen LogP contribution in [0, 0.1) is 5.92 Å². The van der Waals surface area contributed by atoms with Crippen LogP contribution in [0.15, 0.2) is 6.20 Å². The summed E-state index contributed by atoms with van der Waals surface area (Å²) >= 11 is 0. The minimum atomic E-state index is -0.0421. The van der Waals surface area contributed by atoms with Crippen molar-refractivity contribution in [1.82, 2.24) is 20.3 Å². The lowest BCUT2D eigenvalue weighted by Gasteiger charge is -2.18. The summed E-state index contributed by atoms with van der Waals surface area (Å²) in [5.74, 6) is 0.569. The summed E-state index contributed by atoms with van der Waals surface area (Å²) in [7, 11) is 0. The molecule has 1 aromatic heterocycles. The summed E-state index contributed by atoms with van der Waals surface area (Å²) in [5, 5.41) is 20.9. The number of hydrogen-bond acceptors (Lipinski definition) is 4. The van der Waals surface area contributed by atoms with Gasteiger partial charge in [0.25, 0.3) is 0 Å². The van der Waals surface area contributed by atoms with E-state index >= 15 is 0 Å². The highest BCUT2D eigenvalue weighted by Gasteiger charge is 2.15. The van der Waals surface area contributed by atoms with E-state index < -0.39 is 0 Å². The lowest BCUT2D eigenvalue weighted by molar-refractivity contribution is 0.223. The van der Waals surface area contributed by atoms with Gasteiger partial charge in [0.05, 0.1) is 24.0 Å². The van der Waals surface area contributed by atoms with E-state index in [0.29, 0.717) is 12.5 Å². The van der Waals surface area contributed by atoms with Gasteiger partial charge in [0, 0.05) is 12.6 Å². The third kappa shape index (κ3) is 4.74. The molecule has 1 aromatic rings. The highest BCUT2D eigenvalue weighted by molar-refractivity contribution is 4.94. The van der Waals surface area contributed by atoms with Crippen LogP contribution in [0.2, 0.25) is 0 Å². The molecule has 0 radical (unpaired) electrons. The molecule has 0 spiro atoms. The second-order valence-corrected chi connectivity index (χ2v) is 6.22. The largest absolute Gasteiger partial charge is 0.395 e. The van der Waals surface area contributed by atoms with Crippen LogP contribution in [0.5, 0.6) is 0 Å². The van der Waals surface area contributed by atoms with E-state index in [1.165, 1.54) is 0 Å². The fourth-order valence-corrected chi connectivity index (χ4v) is 1.75. The molecular weight excluding hydrogens is 228 g/mol. The third-order valence-corrected chi connectivity index (χ3v) is 2.78. The molecule has 0 aliphatic rings. The molecule has 0 aromatic carbocycles. The van der Waals surface area contributed by atoms with E-state index in [0.717, 1.165) is 12.1 Å². The Balaban J connectivity index is 2.50. The molecule has 0 saturated carbocycles. The number of hydrogen-bond donors (Lipinski definition) is 2. The summed E-state index contributed by atoms with van der Waals surface area (Å²) in [6.07, 6.45) is 2.92.